The first-order valence-electron chi connectivity index (χ1n) is 12.0. The van der Waals surface area contributed by atoms with Crippen molar-refractivity contribution in [3.05, 3.63) is 54.6 Å². The number of carbonyl (C=O) groups is 1. The number of thioether (sulfide) groups is 1. The van der Waals surface area contributed by atoms with Crippen LogP contribution in [0.5, 0.6) is 5.75 Å². The van der Waals surface area contributed by atoms with Gasteiger partial charge in [0.25, 0.3) is 0 Å². The lowest BCUT2D eigenvalue weighted by atomic mass is 9.79. The molecule has 1 fully saturated rings. The van der Waals surface area contributed by atoms with E-state index >= 15 is 0 Å². The number of piperidine rings is 1. The third-order valence-corrected chi connectivity index (χ3v) is 7.65. The van der Waals surface area contributed by atoms with Gasteiger partial charge in [-0.25, -0.2) is 4.98 Å². The zero-order valence-corrected chi connectivity index (χ0v) is 20.7. The normalized spacial score (nSPS) is 19.5. The molecule has 9 heteroatoms. The van der Waals surface area contributed by atoms with Crippen molar-refractivity contribution in [3.63, 3.8) is 0 Å². The van der Waals surface area contributed by atoms with Crippen LogP contribution in [0.15, 0.2) is 54.1 Å². The minimum atomic E-state index is -0.761. The van der Waals surface area contributed by atoms with Crippen molar-refractivity contribution in [2.24, 2.45) is 11.8 Å². The summed E-state index contributed by atoms with van der Waals surface area (Å²) in [6, 6.07) is 7.53. The van der Waals surface area contributed by atoms with Crippen LogP contribution in [0.1, 0.15) is 37.4 Å². The lowest BCUT2D eigenvalue weighted by Crippen LogP contribution is -2.42. The van der Waals surface area contributed by atoms with Crippen molar-refractivity contribution in [2.75, 3.05) is 32.5 Å². The minimum absolute atomic E-state index is 0.0734. The van der Waals surface area contributed by atoms with Crippen LogP contribution in [0, 0.1) is 11.8 Å². The van der Waals surface area contributed by atoms with Crippen LogP contribution in [0.25, 0.3) is 10.9 Å². The van der Waals surface area contributed by atoms with Crippen LogP contribution in [-0.2, 0) is 4.79 Å². The van der Waals surface area contributed by atoms with Gasteiger partial charge in [-0.1, -0.05) is 0 Å². The Kier molecular flexibility index (Phi) is 8.90. The first-order chi connectivity index (χ1) is 17.0. The topological polar surface area (TPSA) is 109 Å². The molecule has 4 rings (SSSR count). The number of likely N-dealkylation sites (tertiary alicyclic amines) is 1. The van der Waals surface area contributed by atoms with E-state index in [0.717, 1.165) is 65.5 Å². The number of hydrogen-bond donors (Lipinski definition) is 2. The Morgan fingerprint density at radius 1 is 1.23 bits per heavy atom. The van der Waals surface area contributed by atoms with Crippen molar-refractivity contribution in [1.82, 2.24) is 19.9 Å². The van der Waals surface area contributed by atoms with E-state index in [1.54, 1.807) is 43.7 Å². The molecule has 2 aromatic heterocycles. The third-order valence-electron chi connectivity index (χ3n) is 6.76. The molecule has 0 radical (unpaired) electrons. The molecule has 0 unspecified atom stereocenters. The molecule has 3 aromatic rings. The molecular formula is C26H32N4O4S. The van der Waals surface area contributed by atoms with Gasteiger partial charge in [-0.3, -0.25) is 14.8 Å². The summed E-state index contributed by atoms with van der Waals surface area (Å²) in [5.41, 5.74) is 1.65. The Balaban J connectivity index is 1.35. The van der Waals surface area contributed by atoms with E-state index in [9.17, 15) is 15.0 Å². The molecule has 3 heterocycles. The quantitative estimate of drug-likeness (QED) is 0.380. The summed E-state index contributed by atoms with van der Waals surface area (Å²) in [5.74, 6) is 1.20. The number of methoxy groups -OCH3 is 1. The number of aliphatic hydroxyl groups excluding tert-OH is 1. The van der Waals surface area contributed by atoms with Gasteiger partial charge >= 0.3 is 5.97 Å². The van der Waals surface area contributed by atoms with Gasteiger partial charge in [-0.05, 0) is 67.5 Å². The average molecular weight is 497 g/mol. The largest absolute Gasteiger partial charge is 0.497 e. The Hall–Kier alpha value is -2.75. The molecule has 0 amide bonds. The first kappa shape index (κ1) is 25.3. The average Bonchev–Trinajstić information content (AvgIpc) is 2.87. The van der Waals surface area contributed by atoms with Gasteiger partial charge in [0.15, 0.2) is 0 Å². The highest BCUT2D eigenvalue weighted by Gasteiger charge is 2.31. The minimum Gasteiger partial charge on any atom is -0.497 e. The number of nitrogens with zero attached hydrogens (tertiary/aromatic N) is 4. The Bertz CT molecular complexity index is 1120. The summed E-state index contributed by atoms with van der Waals surface area (Å²) in [5, 5.41) is 22.3. The van der Waals surface area contributed by atoms with Gasteiger partial charge in [0, 0.05) is 49.2 Å². The molecule has 35 heavy (non-hydrogen) atoms. The van der Waals surface area contributed by atoms with Crippen molar-refractivity contribution < 1.29 is 19.7 Å². The Morgan fingerprint density at radius 3 is 2.89 bits per heavy atom. The number of carboxylic acid groups (broad SMARTS) is 1. The fourth-order valence-corrected chi connectivity index (χ4v) is 5.76. The zero-order chi connectivity index (χ0) is 24.6. The Labute approximate surface area is 209 Å². The zero-order valence-electron chi connectivity index (χ0n) is 19.9. The van der Waals surface area contributed by atoms with Crippen LogP contribution in [-0.4, -0.2) is 68.5 Å². The van der Waals surface area contributed by atoms with Gasteiger partial charge in [0.1, 0.15) is 10.8 Å². The number of aromatic nitrogens is 3. The molecule has 1 saturated heterocycles. The first-order valence-corrected chi connectivity index (χ1v) is 13.0. The predicted octanol–water partition coefficient (Wildman–Crippen LogP) is 4.05. The number of ether oxygens (including phenoxy) is 1. The maximum atomic E-state index is 11.6. The highest BCUT2D eigenvalue weighted by molar-refractivity contribution is 7.99. The van der Waals surface area contributed by atoms with Gasteiger partial charge < -0.3 is 19.8 Å². The number of carboxylic acids is 1. The summed E-state index contributed by atoms with van der Waals surface area (Å²) in [6.07, 6.45) is 8.66. The molecule has 1 aromatic carbocycles. The van der Waals surface area contributed by atoms with Crippen molar-refractivity contribution in [3.8, 4) is 5.75 Å². The van der Waals surface area contributed by atoms with Crippen molar-refractivity contribution >= 4 is 28.6 Å². The number of aliphatic carboxylic acids is 1. The highest BCUT2D eigenvalue weighted by atomic mass is 32.2. The van der Waals surface area contributed by atoms with E-state index < -0.39 is 12.1 Å². The summed E-state index contributed by atoms with van der Waals surface area (Å²) >= 11 is 1.67. The van der Waals surface area contributed by atoms with Crippen LogP contribution < -0.4 is 4.74 Å². The lowest BCUT2D eigenvalue weighted by molar-refractivity contribution is -0.139. The number of benzene rings is 1. The molecule has 1 aliphatic rings. The molecule has 3 atom stereocenters. The van der Waals surface area contributed by atoms with Crippen LogP contribution >= 0.6 is 11.8 Å². The van der Waals surface area contributed by atoms with E-state index in [4.69, 9.17) is 4.74 Å². The second-order valence-corrected chi connectivity index (χ2v) is 10.1. The second kappa shape index (κ2) is 12.3. The predicted molar refractivity (Wildman–Crippen MR) is 136 cm³/mol. The van der Waals surface area contributed by atoms with E-state index in [2.05, 4.69) is 19.9 Å². The van der Waals surface area contributed by atoms with Crippen molar-refractivity contribution in [2.45, 2.75) is 36.8 Å². The third kappa shape index (κ3) is 6.90. The van der Waals surface area contributed by atoms with E-state index in [1.165, 1.54) is 0 Å². The molecule has 0 bridgehead atoms. The molecule has 8 nitrogen and oxygen atoms in total. The number of hydrogen-bond acceptors (Lipinski definition) is 8. The monoisotopic (exact) mass is 496 g/mol. The molecule has 186 valence electrons. The molecule has 0 spiro atoms. The number of rotatable bonds is 11. The molecule has 1 aliphatic heterocycles. The van der Waals surface area contributed by atoms with E-state index in [-0.39, 0.29) is 18.3 Å². The van der Waals surface area contributed by atoms with E-state index in [1.807, 2.05) is 24.3 Å². The fraction of sp³-hybridized carbons (Fsp3) is 0.462. The van der Waals surface area contributed by atoms with Crippen LogP contribution in [0.4, 0.5) is 0 Å². The molecule has 0 aliphatic carbocycles. The molecule has 2 N–H and O–H groups in total. The summed E-state index contributed by atoms with van der Waals surface area (Å²) in [6.45, 7) is 2.59. The van der Waals surface area contributed by atoms with Gasteiger partial charge in [0.05, 0.1) is 24.9 Å². The number of fused-ring (bicyclic) bond motifs is 1. The van der Waals surface area contributed by atoms with Crippen LogP contribution in [0.2, 0.25) is 0 Å². The van der Waals surface area contributed by atoms with Gasteiger partial charge in [0.2, 0.25) is 0 Å². The number of pyridine rings is 1. The van der Waals surface area contributed by atoms with Gasteiger partial charge in [-0.15, -0.1) is 11.8 Å². The van der Waals surface area contributed by atoms with Gasteiger partial charge in [-0.2, -0.15) is 0 Å². The lowest BCUT2D eigenvalue weighted by Gasteiger charge is -2.38. The summed E-state index contributed by atoms with van der Waals surface area (Å²) in [4.78, 5) is 26.7. The van der Waals surface area contributed by atoms with Crippen molar-refractivity contribution in [1.29, 1.82) is 0 Å². The van der Waals surface area contributed by atoms with E-state index in [0.29, 0.717) is 6.42 Å². The molecular weight excluding hydrogens is 464 g/mol. The van der Waals surface area contributed by atoms with Crippen LogP contribution in [0.3, 0.4) is 0 Å². The smallest absolute Gasteiger partial charge is 0.303 e. The maximum absolute atomic E-state index is 11.6. The SMILES string of the molecule is COc1ccc2nccc([C@H](O)CC[C@@H]3CCN(CCSc4cnccn4)C[C@@H]3CC(=O)O)c2c1. The molecule has 0 saturated carbocycles. The second-order valence-electron chi connectivity index (χ2n) is 8.98. The maximum Gasteiger partial charge on any atom is 0.303 e. The number of aliphatic hydroxyl groups is 1. The summed E-state index contributed by atoms with van der Waals surface area (Å²) in [7, 11) is 1.62. The summed E-state index contributed by atoms with van der Waals surface area (Å²) < 4.78 is 5.35. The standard InChI is InChI=1S/C26H32N4O4S/c1-34-20-3-4-23-22(15-20)21(6-8-28-23)24(31)5-2-18-7-11-30(17-19(18)14-26(32)33)12-13-35-25-16-27-9-10-29-25/h3-4,6,8-10,15-16,18-19,24,31H,2,5,7,11-14,17H2,1H3,(H,32,33)/t18-,19+,24-/m1/s1. The Morgan fingerprint density at radius 2 is 2.11 bits per heavy atom. The fourth-order valence-electron chi connectivity index (χ4n) is 4.93. The highest BCUT2D eigenvalue weighted by Crippen LogP contribution is 2.35.